The van der Waals surface area contributed by atoms with E-state index < -0.39 is 5.97 Å². The number of carbonyl (C=O) groups excluding carboxylic acids is 2. The van der Waals surface area contributed by atoms with Crippen LogP contribution in [0.4, 0.5) is 0 Å². The Kier molecular flexibility index (Phi) is 6.49. The number of nitrogens with zero attached hydrogens (tertiary/aromatic N) is 1. The number of carbonyl (C=O) groups is 2. The maximum atomic E-state index is 12.4. The molecule has 4 rings (SSSR count). The zero-order chi connectivity index (χ0) is 22.5. The molecule has 0 saturated carbocycles. The van der Waals surface area contributed by atoms with E-state index in [0.29, 0.717) is 27.0 Å². The molecule has 0 aliphatic rings. The summed E-state index contributed by atoms with van der Waals surface area (Å²) in [5.74, 6) is 0.204. The highest BCUT2D eigenvalue weighted by molar-refractivity contribution is 7.21. The fraction of sp³-hybridized carbons (Fsp3) is 0.0417. The molecule has 0 aliphatic carbocycles. The molecule has 160 valence electrons. The number of halogens is 1. The first-order valence-electron chi connectivity index (χ1n) is 9.52. The van der Waals surface area contributed by atoms with Gasteiger partial charge in [-0.25, -0.2) is 10.2 Å². The smallest absolute Gasteiger partial charge is 0.343 e. The zero-order valence-electron chi connectivity index (χ0n) is 16.9. The van der Waals surface area contributed by atoms with Crippen LogP contribution < -0.4 is 14.9 Å². The van der Waals surface area contributed by atoms with Gasteiger partial charge in [-0.15, -0.1) is 11.3 Å². The lowest BCUT2D eigenvalue weighted by Crippen LogP contribution is -2.16. The number of fused-ring (bicyclic) bond motifs is 1. The summed E-state index contributed by atoms with van der Waals surface area (Å²) >= 11 is 7.63. The van der Waals surface area contributed by atoms with E-state index in [-0.39, 0.29) is 5.91 Å². The summed E-state index contributed by atoms with van der Waals surface area (Å²) in [4.78, 5) is 25.0. The summed E-state index contributed by atoms with van der Waals surface area (Å²) in [6.07, 6.45) is 1.49. The maximum Gasteiger partial charge on any atom is 0.343 e. The average Bonchev–Trinajstić information content (AvgIpc) is 3.17. The van der Waals surface area contributed by atoms with Crippen LogP contribution in [0.2, 0.25) is 5.02 Å². The highest BCUT2D eigenvalue weighted by atomic mass is 35.5. The van der Waals surface area contributed by atoms with Crippen molar-refractivity contribution in [3.63, 3.8) is 0 Å². The molecule has 0 unspecified atom stereocenters. The van der Waals surface area contributed by atoms with Crippen LogP contribution in [0.15, 0.2) is 77.9 Å². The number of hydrazone groups is 1. The Morgan fingerprint density at radius 1 is 0.969 bits per heavy atom. The Bertz CT molecular complexity index is 1300. The molecule has 0 spiro atoms. The molecule has 0 saturated heterocycles. The molecular formula is C24H17ClN2O4S. The summed E-state index contributed by atoms with van der Waals surface area (Å²) in [6, 6.07) is 20.9. The van der Waals surface area contributed by atoms with Gasteiger partial charge in [0.15, 0.2) is 0 Å². The van der Waals surface area contributed by atoms with E-state index in [1.807, 2.05) is 24.3 Å². The molecule has 0 atom stereocenters. The largest absolute Gasteiger partial charge is 0.497 e. The molecule has 0 bridgehead atoms. The van der Waals surface area contributed by atoms with E-state index in [1.54, 1.807) is 55.6 Å². The topological polar surface area (TPSA) is 77.0 Å². The van der Waals surface area contributed by atoms with Crippen molar-refractivity contribution in [3.05, 3.63) is 93.8 Å². The van der Waals surface area contributed by atoms with Crippen LogP contribution in [0.3, 0.4) is 0 Å². The number of amides is 1. The number of hydrogen-bond donors (Lipinski definition) is 1. The summed E-state index contributed by atoms with van der Waals surface area (Å²) in [6.45, 7) is 0. The third-order valence-corrected chi connectivity index (χ3v) is 6.21. The van der Waals surface area contributed by atoms with Gasteiger partial charge in [0.1, 0.15) is 16.4 Å². The number of methoxy groups -OCH3 is 1. The first-order valence-corrected chi connectivity index (χ1v) is 10.7. The summed E-state index contributed by atoms with van der Waals surface area (Å²) in [5.41, 5.74) is 3.62. The Labute approximate surface area is 193 Å². The van der Waals surface area contributed by atoms with E-state index in [4.69, 9.17) is 21.1 Å². The number of thiophene rings is 1. The van der Waals surface area contributed by atoms with Gasteiger partial charge in [-0.05, 0) is 60.2 Å². The summed E-state index contributed by atoms with van der Waals surface area (Å²) in [5, 5.41) is 5.25. The lowest BCUT2D eigenvalue weighted by atomic mass is 10.2. The molecule has 0 aliphatic heterocycles. The Balaban J connectivity index is 1.36. The lowest BCUT2D eigenvalue weighted by molar-refractivity contribution is 0.0734. The molecule has 1 heterocycles. The van der Waals surface area contributed by atoms with Crippen LogP contribution in [-0.2, 0) is 0 Å². The molecule has 6 nitrogen and oxygen atoms in total. The number of nitrogens with one attached hydrogen (secondary N) is 1. The summed E-state index contributed by atoms with van der Waals surface area (Å²) < 4.78 is 11.4. The molecule has 1 N–H and O–H groups in total. The SMILES string of the molecule is COc1ccc(C(=O)Oc2ccc(C=NNC(=O)c3sc4ccccc4c3Cl)cc2)cc1. The van der Waals surface area contributed by atoms with E-state index in [1.165, 1.54) is 17.6 Å². The normalized spacial score (nSPS) is 10.9. The predicted octanol–water partition coefficient (Wildman–Crippen LogP) is 5.55. The van der Waals surface area contributed by atoms with Gasteiger partial charge in [0.2, 0.25) is 0 Å². The molecule has 0 fully saturated rings. The third-order valence-electron chi connectivity index (χ3n) is 4.54. The number of rotatable bonds is 6. The second-order valence-electron chi connectivity index (χ2n) is 6.63. The Morgan fingerprint density at radius 3 is 2.34 bits per heavy atom. The van der Waals surface area contributed by atoms with Gasteiger partial charge in [-0.2, -0.15) is 5.10 Å². The van der Waals surface area contributed by atoms with E-state index in [2.05, 4.69) is 10.5 Å². The summed E-state index contributed by atoms with van der Waals surface area (Å²) in [7, 11) is 1.56. The molecule has 1 aromatic heterocycles. The van der Waals surface area contributed by atoms with Gasteiger partial charge in [-0.1, -0.05) is 29.8 Å². The van der Waals surface area contributed by atoms with Crippen molar-refractivity contribution in [2.24, 2.45) is 5.10 Å². The van der Waals surface area contributed by atoms with Gasteiger partial charge >= 0.3 is 5.97 Å². The van der Waals surface area contributed by atoms with E-state index >= 15 is 0 Å². The quantitative estimate of drug-likeness (QED) is 0.176. The molecule has 4 aromatic rings. The van der Waals surface area contributed by atoms with E-state index in [0.717, 1.165) is 15.6 Å². The maximum absolute atomic E-state index is 12.4. The van der Waals surface area contributed by atoms with Crippen molar-refractivity contribution in [2.75, 3.05) is 7.11 Å². The molecule has 1 amide bonds. The van der Waals surface area contributed by atoms with Gasteiger partial charge < -0.3 is 9.47 Å². The Hall–Kier alpha value is -3.68. The van der Waals surface area contributed by atoms with Crippen LogP contribution >= 0.6 is 22.9 Å². The fourth-order valence-corrected chi connectivity index (χ4v) is 4.30. The Morgan fingerprint density at radius 2 is 1.66 bits per heavy atom. The number of ether oxygens (including phenoxy) is 2. The monoisotopic (exact) mass is 464 g/mol. The minimum absolute atomic E-state index is 0.377. The molecule has 32 heavy (non-hydrogen) atoms. The van der Waals surface area contributed by atoms with E-state index in [9.17, 15) is 9.59 Å². The zero-order valence-corrected chi connectivity index (χ0v) is 18.4. The van der Waals surface area contributed by atoms with Gasteiger partial charge in [-0.3, -0.25) is 4.79 Å². The average molecular weight is 465 g/mol. The van der Waals surface area contributed by atoms with Crippen molar-refractivity contribution in [1.29, 1.82) is 0 Å². The van der Waals surface area contributed by atoms with Gasteiger partial charge in [0.05, 0.1) is 23.9 Å². The third kappa shape index (κ3) is 4.80. The number of hydrogen-bond acceptors (Lipinski definition) is 6. The standard InChI is InChI=1S/C24H17ClN2O4S/c1-30-17-12-8-16(9-13-17)24(29)31-18-10-6-15(7-11-18)14-26-27-23(28)22-21(25)19-4-2-3-5-20(19)32-22/h2-14H,1H3,(H,27,28). The molecular weight excluding hydrogens is 448 g/mol. The van der Waals surface area contributed by atoms with Crippen molar-refractivity contribution < 1.29 is 19.1 Å². The van der Waals surface area contributed by atoms with Crippen LogP contribution in [-0.4, -0.2) is 25.2 Å². The fourth-order valence-electron chi connectivity index (χ4n) is 2.89. The highest BCUT2D eigenvalue weighted by Crippen LogP contribution is 2.34. The molecule has 0 radical (unpaired) electrons. The predicted molar refractivity (Wildman–Crippen MR) is 126 cm³/mol. The first-order chi connectivity index (χ1) is 15.5. The first kappa shape index (κ1) is 21.5. The second kappa shape index (κ2) is 9.64. The van der Waals surface area contributed by atoms with Crippen LogP contribution in [0.25, 0.3) is 10.1 Å². The number of benzene rings is 3. The highest BCUT2D eigenvalue weighted by Gasteiger charge is 2.16. The van der Waals surface area contributed by atoms with Crippen molar-refractivity contribution in [2.45, 2.75) is 0 Å². The van der Waals surface area contributed by atoms with Crippen molar-refractivity contribution in [1.82, 2.24) is 5.43 Å². The van der Waals surface area contributed by atoms with Crippen LogP contribution in [0, 0.1) is 0 Å². The molecule has 8 heteroatoms. The number of esters is 1. The van der Waals surface area contributed by atoms with Crippen LogP contribution in [0.5, 0.6) is 11.5 Å². The molecule has 3 aromatic carbocycles. The minimum atomic E-state index is -0.471. The van der Waals surface area contributed by atoms with Crippen molar-refractivity contribution >= 4 is 51.1 Å². The van der Waals surface area contributed by atoms with Gasteiger partial charge in [0, 0.05) is 10.1 Å². The van der Waals surface area contributed by atoms with Crippen molar-refractivity contribution in [3.8, 4) is 11.5 Å². The van der Waals surface area contributed by atoms with Gasteiger partial charge in [0.25, 0.3) is 5.91 Å². The second-order valence-corrected chi connectivity index (χ2v) is 8.06. The van der Waals surface area contributed by atoms with Crippen LogP contribution in [0.1, 0.15) is 25.6 Å². The lowest BCUT2D eigenvalue weighted by Gasteiger charge is -2.05. The minimum Gasteiger partial charge on any atom is -0.497 e.